The number of nitrogen functional groups attached to an aromatic ring is 1. The second kappa shape index (κ2) is 9.59. The molecule has 1 rings (SSSR count). The minimum atomic E-state index is -4.10. The summed E-state index contributed by atoms with van der Waals surface area (Å²) in [6.45, 7) is 2.35. The summed E-state index contributed by atoms with van der Waals surface area (Å²) in [5, 5.41) is 0. The van der Waals surface area contributed by atoms with Gasteiger partial charge in [-0.25, -0.2) is 0 Å². The van der Waals surface area contributed by atoms with E-state index < -0.39 is 12.1 Å². The average molecular weight is 317 g/mol. The van der Waals surface area contributed by atoms with Crippen molar-refractivity contribution in [2.24, 2.45) is 5.92 Å². The summed E-state index contributed by atoms with van der Waals surface area (Å²) in [6, 6.07) is 6.87. The Labute approximate surface area is 130 Å². The van der Waals surface area contributed by atoms with Crippen molar-refractivity contribution in [3.63, 3.8) is 0 Å². The molecule has 0 heterocycles. The summed E-state index contributed by atoms with van der Waals surface area (Å²) in [4.78, 5) is 0. The highest BCUT2D eigenvalue weighted by Crippen LogP contribution is 2.34. The quantitative estimate of drug-likeness (QED) is 0.452. The summed E-state index contributed by atoms with van der Waals surface area (Å²) in [5.74, 6) is -0.569. The zero-order valence-electron chi connectivity index (χ0n) is 13.2. The Balaban J connectivity index is 2.29. The van der Waals surface area contributed by atoms with Gasteiger partial charge in [0, 0.05) is 5.69 Å². The smallest absolute Gasteiger partial charge is 0.391 e. The van der Waals surface area contributed by atoms with Crippen LogP contribution in [0.4, 0.5) is 18.9 Å². The molecule has 1 aromatic carbocycles. The van der Waals surface area contributed by atoms with Crippen LogP contribution in [0.1, 0.15) is 51.9 Å². The second-order valence-electron chi connectivity index (χ2n) is 5.65. The first-order valence-corrected chi connectivity index (χ1v) is 7.98. The van der Waals surface area contributed by atoms with E-state index in [9.17, 15) is 13.2 Å². The van der Waals surface area contributed by atoms with Crippen LogP contribution in [0, 0.1) is 5.92 Å². The fourth-order valence-electron chi connectivity index (χ4n) is 2.37. The van der Waals surface area contributed by atoms with Crippen LogP contribution >= 0.6 is 0 Å². The first-order chi connectivity index (χ1) is 10.4. The number of nitrogens with two attached hydrogens (primary N) is 1. The van der Waals surface area contributed by atoms with Crippen molar-refractivity contribution in [2.45, 2.75) is 58.0 Å². The molecule has 0 radical (unpaired) electrons. The van der Waals surface area contributed by atoms with E-state index in [0.29, 0.717) is 30.9 Å². The lowest BCUT2D eigenvalue weighted by molar-refractivity contribution is -0.179. The van der Waals surface area contributed by atoms with E-state index in [2.05, 4.69) is 6.92 Å². The fraction of sp³-hybridized carbons (Fsp3) is 0.647. The number of rotatable bonds is 10. The van der Waals surface area contributed by atoms with Crippen molar-refractivity contribution in [3.8, 4) is 5.75 Å². The third-order valence-corrected chi connectivity index (χ3v) is 3.71. The van der Waals surface area contributed by atoms with Crippen molar-refractivity contribution in [3.05, 3.63) is 24.3 Å². The van der Waals surface area contributed by atoms with Gasteiger partial charge >= 0.3 is 6.18 Å². The molecule has 0 unspecified atom stereocenters. The largest absolute Gasteiger partial charge is 0.494 e. The maximum atomic E-state index is 13.0. The highest BCUT2D eigenvalue weighted by atomic mass is 19.4. The molecule has 2 nitrogen and oxygen atoms in total. The monoisotopic (exact) mass is 317 g/mol. The maximum absolute atomic E-state index is 13.0. The number of ether oxygens (including phenoxy) is 1. The molecule has 0 amide bonds. The lowest BCUT2D eigenvalue weighted by Gasteiger charge is -2.20. The topological polar surface area (TPSA) is 35.2 Å². The number of benzene rings is 1. The summed E-state index contributed by atoms with van der Waals surface area (Å²) < 4.78 is 44.4. The van der Waals surface area contributed by atoms with E-state index in [4.69, 9.17) is 10.5 Å². The van der Waals surface area contributed by atoms with E-state index >= 15 is 0 Å². The Morgan fingerprint density at radius 3 is 2.23 bits per heavy atom. The predicted octanol–water partition coefficient (Wildman–Crippen LogP) is 5.58. The average Bonchev–Trinajstić information content (AvgIpc) is 2.46. The molecule has 0 bridgehead atoms. The van der Waals surface area contributed by atoms with Crippen LogP contribution in [0.15, 0.2) is 24.3 Å². The molecule has 0 spiro atoms. The molecule has 2 N–H and O–H groups in total. The third-order valence-electron chi connectivity index (χ3n) is 3.71. The molecule has 1 aromatic rings. The molecule has 0 saturated carbocycles. The summed E-state index contributed by atoms with van der Waals surface area (Å²) in [6.07, 6.45) is 0.227. The highest BCUT2D eigenvalue weighted by molar-refractivity contribution is 5.41. The molecule has 22 heavy (non-hydrogen) atoms. The molecule has 126 valence electrons. The van der Waals surface area contributed by atoms with Gasteiger partial charge in [-0.05, 0) is 43.5 Å². The van der Waals surface area contributed by atoms with E-state index in [1.165, 1.54) is 0 Å². The lowest BCUT2D eigenvalue weighted by Crippen LogP contribution is -2.23. The Hall–Kier alpha value is -1.39. The van der Waals surface area contributed by atoms with Crippen LogP contribution in [0.5, 0.6) is 5.75 Å². The zero-order valence-corrected chi connectivity index (χ0v) is 13.2. The molecule has 0 saturated heterocycles. The van der Waals surface area contributed by atoms with Crippen LogP contribution in [0.3, 0.4) is 0 Å². The van der Waals surface area contributed by atoms with Crippen LogP contribution in [0.25, 0.3) is 0 Å². The number of anilines is 1. The highest BCUT2D eigenvalue weighted by Gasteiger charge is 2.38. The maximum Gasteiger partial charge on any atom is 0.391 e. The van der Waals surface area contributed by atoms with Gasteiger partial charge in [-0.3, -0.25) is 0 Å². The Kier molecular flexibility index (Phi) is 8.13. The van der Waals surface area contributed by atoms with Crippen molar-refractivity contribution >= 4 is 5.69 Å². The molecule has 5 heteroatoms. The van der Waals surface area contributed by atoms with Gasteiger partial charge in [-0.1, -0.05) is 32.6 Å². The first kappa shape index (κ1) is 18.7. The van der Waals surface area contributed by atoms with Gasteiger partial charge in [-0.2, -0.15) is 13.2 Å². The number of unbranched alkanes of at least 4 members (excludes halogenated alkanes) is 3. The molecule has 0 fully saturated rings. The van der Waals surface area contributed by atoms with E-state index in [0.717, 1.165) is 19.3 Å². The molecule has 1 atom stereocenters. The van der Waals surface area contributed by atoms with Gasteiger partial charge in [0.2, 0.25) is 0 Å². The van der Waals surface area contributed by atoms with Crippen molar-refractivity contribution in [2.75, 3.05) is 12.3 Å². The Bertz CT molecular complexity index is 403. The minimum Gasteiger partial charge on any atom is -0.494 e. The minimum absolute atomic E-state index is 0.130. The van der Waals surface area contributed by atoms with Crippen molar-refractivity contribution in [1.29, 1.82) is 0 Å². The normalized spacial score (nSPS) is 13.1. The Morgan fingerprint density at radius 1 is 1.00 bits per heavy atom. The van der Waals surface area contributed by atoms with Gasteiger partial charge in [0.15, 0.2) is 0 Å². The molecule has 0 aliphatic heterocycles. The molecule has 0 aromatic heterocycles. The van der Waals surface area contributed by atoms with Gasteiger partial charge in [0.05, 0.1) is 12.5 Å². The lowest BCUT2D eigenvalue weighted by atomic mass is 9.95. The first-order valence-electron chi connectivity index (χ1n) is 7.98. The predicted molar refractivity (Wildman–Crippen MR) is 83.9 cm³/mol. The van der Waals surface area contributed by atoms with Gasteiger partial charge < -0.3 is 10.5 Å². The van der Waals surface area contributed by atoms with Gasteiger partial charge in [0.1, 0.15) is 5.75 Å². The number of alkyl halides is 3. The number of halogens is 3. The molecule has 0 aliphatic carbocycles. The SMILES string of the molecule is CCCCCC[C@@H](CCCOc1ccc(N)cc1)C(F)(F)F. The summed E-state index contributed by atoms with van der Waals surface area (Å²) in [7, 11) is 0. The third kappa shape index (κ3) is 7.57. The molecule has 0 aliphatic rings. The summed E-state index contributed by atoms with van der Waals surface area (Å²) >= 11 is 0. The molecular formula is C17H26F3NO. The van der Waals surface area contributed by atoms with Crippen LogP contribution in [0.2, 0.25) is 0 Å². The van der Waals surface area contributed by atoms with Crippen LogP contribution in [-0.2, 0) is 0 Å². The van der Waals surface area contributed by atoms with Crippen molar-refractivity contribution < 1.29 is 17.9 Å². The van der Waals surface area contributed by atoms with Gasteiger partial charge in [-0.15, -0.1) is 0 Å². The van der Waals surface area contributed by atoms with E-state index in [1.54, 1.807) is 24.3 Å². The van der Waals surface area contributed by atoms with Crippen molar-refractivity contribution in [1.82, 2.24) is 0 Å². The van der Waals surface area contributed by atoms with Crippen LogP contribution in [-0.4, -0.2) is 12.8 Å². The van der Waals surface area contributed by atoms with E-state index in [-0.39, 0.29) is 12.8 Å². The van der Waals surface area contributed by atoms with Crippen LogP contribution < -0.4 is 10.5 Å². The fourth-order valence-corrected chi connectivity index (χ4v) is 2.37. The number of hydrogen-bond donors (Lipinski definition) is 1. The second-order valence-corrected chi connectivity index (χ2v) is 5.65. The zero-order chi connectivity index (χ0) is 16.4. The molecular weight excluding hydrogens is 291 g/mol. The number of hydrogen-bond acceptors (Lipinski definition) is 2. The Morgan fingerprint density at radius 2 is 1.64 bits per heavy atom. The van der Waals surface area contributed by atoms with E-state index in [1.807, 2.05) is 0 Å². The summed E-state index contributed by atoms with van der Waals surface area (Å²) in [5.41, 5.74) is 6.19. The standard InChI is InChI=1S/C17H26F3NO/c1-2-3-4-5-7-14(17(18,19)20)8-6-13-22-16-11-9-15(21)10-12-16/h9-12,14H,2-8,13,21H2,1H3/t14-/m0/s1. The van der Waals surface area contributed by atoms with Gasteiger partial charge in [0.25, 0.3) is 0 Å².